The molecule has 6 nitrogen and oxygen atoms in total. The molecule has 0 radical (unpaired) electrons. The van der Waals surface area contributed by atoms with Crippen molar-refractivity contribution in [2.24, 2.45) is 5.92 Å². The van der Waals surface area contributed by atoms with Gasteiger partial charge in [0.15, 0.2) is 0 Å². The molecule has 2 atom stereocenters. The van der Waals surface area contributed by atoms with E-state index in [1.165, 1.54) is 0 Å². The summed E-state index contributed by atoms with van der Waals surface area (Å²) in [6, 6.07) is 1.83. The van der Waals surface area contributed by atoms with Crippen LogP contribution in [0.3, 0.4) is 0 Å². The number of aromatic nitrogens is 2. The SMILES string of the molecule is COCC[C@@H]1CO[C@]2(CCN(C(=O)Cn3cccn3)C2)C1. The predicted molar refractivity (Wildman–Crippen MR) is 76.7 cm³/mol. The van der Waals surface area contributed by atoms with Crippen LogP contribution < -0.4 is 0 Å². The maximum Gasteiger partial charge on any atom is 0.244 e. The first-order valence-electron chi connectivity index (χ1n) is 7.59. The summed E-state index contributed by atoms with van der Waals surface area (Å²) < 4.78 is 12.9. The third kappa shape index (κ3) is 3.27. The first-order valence-corrected chi connectivity index (χ1v) is 7.59. The first-order chi connectivity index (χ1) is 10.2. The largest absolute Gasteiger partial charge is 0.385 e. The van der Waals surface area contributed by atoms with Gasteiger partial charge in [0.25, 0.3) is 0 Å². The molecular weight excluding hydrogens is 270 g/mol. The number of amides is 1. The lowest BCUT2D eigenvalue weighted by Crippen LogP contribution is -2.37. The number of carbonyl (C=O) groups excluding carboxylic acids is 1. The Hall–Kier alpha value is -1.40. The fourth-order valence-corrected chi connectivity index (χ4v) is 3.38. The van der Waals surface area contributed by atoms with Crippen LogP contribution in [0.2, 0.25) is 0 Å². The number of methoxy groups -OCH3 is 1. The molecule has 6 heteroatoms. The number of hydrogen-bond acceptors (Lipinski definition) is 4. The Morgan fingerprint density at radius 2 is 2.48 bits per heavy atom. The number of carbonyl (C=O) groups is 1. The summed E-state index contributed by atoms with van der Waals surface area (Å²) >= 11 is 0. The zero-order chi connectivity index (χ0) is 14.7. The molecule has 1 aromatic rings. The van der Waals surface area contributed by atoms with Crippen molar-refractivity contribution in [2.75, 3.05) is 33.4 Å². The van der Waals surface area contributed by atoms with E-state index in [4.69, 9.17) is 9.47 Å². The molecule has 1 spiro atoms. The van der Waals surface area contributed by atoms with Gasteiger partial charge in [-0.3, -0.25) is 9.48 Å². The van der Waals surface area contributed by atoms with Crippen LogP contribution in [0.4, 0.5) is 0 Å². The fraction of sp³-hybridized carbons (Fsp3) is 0.733. The molecular formula is C15H23N3O3. The Morgan fingerprint density at radius 3 is 3.24 bits per heavy atom. The van der Waals surface area contributed by atoms with Crippen molar-refractivity contribution < 1.29 is 14.3 Å². The van der Waals surface area contributed by atoms with Crippen LogP contribution in [0.15, 0.2) is 18.5 Å². The van der Waals surface area contributed by atoms with Gasteiger partial charge in [0.05, 0.1) is 12.2 Å². The molecule has 3 rings (SSSR count). The Balaban J connectivity index is 1.52. The summed E-state index contributed by atoms with van der Waals surface area (Å²) in [5.41, 5.74) is -0.113. The highest BCUT2D eigenvalue weighted by Gasteiger charge is 2.46. The molecule has 2 fully saturated rings. The van der Waals surface area contributed by atoms with Gasteiger partial charge in [-0.25, -0.2) is 0 Å². The first kappa shape index (κ1) is 14.5. The molecule has 3 heterocycles. The molecule has 0 N–H and O–H groups in total. The molecule has 0 saturated carbocycles. The third-order valence-corrected chi connectivity index (χ3v) is 4.54. The Kier molecular flexibility index (Phi) is 4.26. The van der Waals surface area contributed by atoms with Crippen molar-refractivity contribution in [2.45, 2.75) is 31.4 Å². The van der Waals surface area contributed by atoms with Crippen molar-refractivity contribution >= 4 is 5.91 Å². The number of ether oxygens (including phenoxy) is 2. The van der Waals surface area contributed by atoms with Gasteiger partial charge in [0.1, 0.15) is 6.54 Å². The van der Waals surface area contributed by atoms with Crippen LogP contribution in [-0.2, 0) is 20.8 Å². The van der Waals surface area contributed by atoms with Gasteiger partial charge in [-0.15, -0.1) is 0 Å². The van der Waals surface area contributed by atoms with Crippen LogP contribution in [0, 0.1) is 5.92 Å². The molecule has 2 saturated heterocycles. The van der Waals surface area contributed by atoms with Crippen molar-refractivity contribution in [3.63, 3.8) is 0 Å². The van der Waals surface area contributed by atoms with Gasteiger partial charge in [-0.1, -0.05) is 0 Å². The Labute approximate surface area is 125 Å². The number of nitrogens with zero attached hydrogens (tertiary/aromatic N) is 3. The smallest absolute Gasteiger partial charge is 0.244 e. The molecule has 1 aromatic heterocycles. The average Bonchev–Trinajstić information content (AvgIpc) is 3.20. The quantitative estimate of drug-likeness (QED) is 0.810. The second-order valence-electron chi connectivity index (χ2n) is 6.11. The lowest BCUT2D eigenvalue weighted by Gasteiger charge is -2.23. The van der Waals surface area contributed by atoms with Crippen LogP contribution >= 0.6 is 0 Å². The molecule has 21 heavy (non-hydrogen) atoms. The Morgan fingerprint density at radius 1 is 1.57 bits per heavy atom. The Bertz CT molecular complexity index is 477. The van der Waals surface area contributed by atoms with E-state index in [1.807, 2.05) is 17.2 Å². The van der Waals surface area contributed by atoms with Crippen LogP contribution in [0.1, 0.15) is 19.3 Å². The molecule has 0 aliphatic carbocycles. The normalized spacial score (nSPS) is 28.6. The van der Waals surface area contributed by atoms with Crippen molar-refractivity contribution in [3.8, 4) is 0 Å². The number of likely N-dealkylation sites (tertiary alicyclic amines) is 1. The summed E-state index contributed by atoms with van der Waals surface area (Å²) in [6.45, 7) is 3.40. The minimum Gasteiger partial charge on any atom is -0.385 e. The number of rotatable bonds is 5. The van der Waals surface area contributed by atoms with Crippen molar-refractivity contribution in [3.05, 3.63) is 18.5 Å². The van der Waals surface area contributed by atoms with Gasteiger partial charge in [-0.05, 0) is 31.2 Å². The van der Waals surface area contributed by atoms with Gasteiger partial charge in [0, 0.05) is 39.2 Å². The maximum absolute atomic E-state index is 12.3. The minimum absolute atomic E-state index is 0.113. The van der Waals surface area contributed by atoms with E-state index in [1.54, 1.807) is 18.0 Å². The molecule has 116 valence electrons. The highest BCUT2D eigenvalue weighted by molar-refractivity contribution is 5.76. The third-order valence-electron chi connectivity index (χ3n) is 4.54. The van der Waals surface area contributed by atoms with Gasteiger partial charge < -0.3 is 14.4 Å². The van der Waals surface area contributed by atoms with Gasteiger partial charge in [0.2, 0.25) is 5.91 Å². The van der Waals surface area contributed by atoms with E-state index in [2.05, 4.69) is 5.10 Å². The van der Waals surface area contributed by atoms with Crippen LogP contribution in [0.5, 0.6) is 0 Å². The lowest BCUT2D eigenvalue weighted by molar-refractivity contribution is -0.132. The predicted octanol–water partition coefficient (Wildman–Crippen LogP) is 0.927. The van der Waals surface area contributed by atoms with Crippen LogP contribution in [0.25, 0.3) is 0 Å². The molecule has 1 amide bonds. The van der Waals surface area contributed by atoms with E-state index in [0.717, 1.165) is 45.6 Å². The second-order valence-corrected chi connectivity index (χ2v) is 6.11. The number of hydrogen-bond donors (Lipinski definition) is 0. The fourth-order valence-electron chi connectivity index (χ4n) is 3.38. The summed E-state index contributed by atoms with van der Waals surface area (Å²) in [7, 11) is 1.73. The maximum atomic E-state index is 12.3. The van der Waals surface area contributed by atoms with E-state index in [0.29, 0.717) is 12.5 Å². The van der Waals surface area contributed by atoms with Crippen molar-refractivity contribution in [1.82, 2.24) is 14.7 Å². The second kappa shape index (κ2) is 6.15. The monoisotopic (exact) mass is 293 g/mol. The summed E-state index contributed by atoms with van der Waals surface area (Å²) in [6.07, 6.45) is 6.54. The lowest BCUT2D eigenvalue weighted by atomic mass is 9.92. The van der Waals surface area contributed by atoms with E-state index in [9.17, 15) is 4.79 Å². The highest BCUT2D eigenvalue weighted by Crippen LogP contribution is 2.39. The standard InChI is InChI=1S/C15H23N3O3/c1-20-8-3-13-9-15(21-11-13)4-7-17(12-15)14(19)10-18-6-2-5-16-18/h2,5-6,13H,3-4,7-12H2,1H3/t13-,15+/m0/s1. The minimum atomic E-state index is -0.113. The summed E-state index contributed by atoms with van der Waals surface area (Å²) in [4.78, 5) is 14.2. The topological polar surface area (TPSA) is 56.6 Å². The molecule has 2 aliphatic heterocycles. The highest BCUT2D eigenvalue weighted by atomic mass is 16.5. The molecule has 0 aromatic carbocycles. The zero-order valence-corrected chi connectivity index (χ0v) is 12.5. The van der Waals surface area contributed by atoms with E-state index < -0.39 is 0 Å². The van der Waals surface area contributed by atoms with Gasteiger partial charge >= 0.3 is 0 Å². The summed E-state index contributed by atoms with van der Waals surface area (Å²) in [5.74, 6) is 0.686. The van der Waals surface area contributed by atoms with E-state index >= 15 is 0 Å². The van der Waals surface area contributed by atoms with E-state index in [-0.39, 0.29) is 11.5 Å². The van der Waals surface area contributed by atoms with Gasteiger partial charge in [-0.2, -0.15) is 5.10 Å². The van der Waals surface area contributed by atoms with Crippen molar-refractivity contribution in [1.29, 1.82) is 0 Å². The summed E-state index contributed by atoms with van der Waals surface area (Å²) in [5, 5.41) is 4.09. The average molecular weight is 293 g/mol. The molecule has 2 aliphatic rings. The zero-order valence-electron chi connectivity index (χ0n) is 12.5. The van der Waals surface area contributed by atoms with Crippen LogP contribution in [-0.4, -0.2) is 59.6 Å². The molecule has 0 bridgehead atoms. The molecule has 0 unspecified atom stereocenters.